The summed E-state index contributed by atoms with van der Waals surface area (Å²) in [6, 6.07) is 5.35. The van der Waals surface area contributed by atoms with Crippen LogP contribution in [0.4, 0.5) is 5.69 Å². The number of benzene rings is 1. The molecule has 8 heteroatoms. The minimum atomic E-state index is -3.14. The first-order chi connectivity index (χ1) is 7.94. The molecular weight excluding hydrogens is 360 g/mol. The summed E-state index contributed by atoms with van der Waals surface area (Å²) in [4.78, 5) is 9.91. The summed E-state index contributed by atoms with van der Waals surface area (Å²) in [5, 5.41) is 10.4. The summed E-state index contributed by atoms with van der Waals surface area (Å²) in [5.74, 6) is 0.287. The van der Waals surface area contributed by atoms with E-state index in [4.69, 9.17) is 9.05 Å². The van der Waals surface area contributed by atoms with Gasteiger partial charge in [0.15, 0.2) is 0 Å². The molecule has 1 rings (SSSR count). The van der Waals surface area contributed by atoms with Gasteiger partial charge in [-0.25, -0.2) is 4.57 Å². The van der Waals surface area contributed by atoms with E-state index in [1.54, 1.807) is 0 Å². The molecule has 94 valence electrons. The van der Waals surface area contributed by atoms with Crippen molar-refractivity contribution in [1.29, 1.82) is 0 Å². The van der Waals surface area contributed by atoms with Crippen molar-refractivity contribution in [1.82, 2.24) is 0 Å². The normalized spacial score (nSPS) is 14.0. The van der Waals surface area contributed by atoms with Crippen molar-refractivity contribution in [2.45, 2.75) is 0 Å². The van der Waals surface area contributed by atoms with Crippen LogP contribution in [0.1, 0.15) is 0 Å². The van der Waals surface area contributed by atoms with Crippen LogP contribution >= 0.6 is 30.2 Å². The first-order valence-electron chi connectivity index (χ1n) is 4.67. The van der Waals surface area contributed by atoms with E-state index < -0.39 is 12.5 Å². The average Bonchev–Trinajstić information content (AvgIpc) is 2.26. The number of nitrogens with zero attached hydrogens (tertiary/aromatic N) is 1. The first-order valence-corrected chi connectivity index (χ1v) is 8.18. The third-order valence-corrected chi connectivity index (χ3v) is 3.36. The molecule has 17 heavy (non-hydrogen) atoms. The molecule has 0 aliphatic carbocycles. The summed E-state index contributed by atoms with van der Waals surface area (Å²) >= 11 is 2.09. The Kier molecular flexibility index (Phi) is 5.35. The van der Waals surface area contributed by atoms with Gasteiger partial charge in [0.2, 0.25) is 0 Å². The Bertz CT molecular complexity index is 436. The number of halogens is 1. The smallest absolute Gasteiger partial charge is 0.376 e. The molecule has 0 N–H and O–H groups in total. The van der Waals surface area contributed by atoms with E-state index in [0.29, 0.717) is 11.0 Å². The lowest BCUT2D eigenvalue weighted by atomic mass is 10.3. The topological polar surface area (TPSA) is 78.7 Å². The lowest BCUT2D eigenvalue weighted by molar-refractivity contribution is -0.384. The molecule has 0 bridgehead atoms. The molecule has 1 unspecified atom stereocenters. The van der Waals surface area contributed by atoms with Gasteiger partial charge in [0.25, 0.3) is 5.69 Å². The third kappa shape index (κ3) is 5.01. The fraction of sp³-hybridized carbons (Fsp3) is 0.333. The van der Waals surface area contributed by atoms with Crippen molar-refractivity contribution in [2.24, 2.45) is 0 Å². The van der Waals surface area contributed by atoms with Crippen LogP contribution in [0.2, 0.25) is 0 Å². The number of alkyl halides is 1. The van der Waals surface area contributed by atoms with E-state index in [9.17, 15) is 14.7 Å². The first kappa shape index (κ1) is 14.4. The monoisotopic (exact) mass is 371 g/mol. The number of nitro benzene ring substituents is 1. The Morgan fingerprint density at radius 3 is 2.47 bits per heavy atom. The van der Waals surface area contributed by atoms with Crippen molar-refractivity contribution in [2.75, 3.05) is 17.7 Å². The van der Waals surface area contributed by atoms with Crippen molar-refractivity contribution in [3.63, 3.8) is 0 Å². The Morgan fingerprint density at radius 2 is 2.00 bits per heavy atom. The second-order valence-corrected chi connectivity index (χ2v) is 6.20. The molecule has 0 aliphatic heterocycles. The van der Waals surface area contributed by atoms with Gasteiger partial charge < -0.3 is 4.52 Å². The highest BCUT2D eigenvalue weighted by Crippen LogP contribution is 2.44. The highest BCUT2D eigenvalue weighted by Gasteiger charge is 2.18. The van der Waals surface area contributed by atoms with E-state index >= 15 is 0 Å². The van der Waals surface area contributed by atoms with Crippen molar-refractivity contribution >= 4 is 35.9 Å². The Labute approximate surface area is 112 Å². The molecule has 0 saturated carbocycles. The fourth-order valence-corrected chi connectivity index (χ4v) is 2.60. The van der Waals surface area contributed by atoms with Crippen LogP contribution in [0.15, 0.2) is 24.3 Å². The molecule has 1 aromatic carbocycles. The van der Waals surface area contributed by atoms with Gasteiger partial charge in [-0.2, -0.15) is 0 Å². The van der Waals surface area contributed by atoms with Crippen LogP contribution < -0.4 is 4.52 Å². The quantitative estimate of drug-likeness (QED) is 0.252. The summed E-state index contributed by atoms with van der Waals surface area (Å²) in [6.45, 7) is 1.70. The predicted octanol–water partition coefficient (Wildman–Crippen LogP) is 3.25. The summed E-state index contributed by atoms with van der Waals surface area (Å²) in [5.41, 5.74) is -0.0449. The highest BCUT2D eigenvalue weighted by molar-refractivity contribution is 14.1. The molecule has 0 heterocycles. The Morgan fingerprint density at radius 1 is 1.41 bits per heavy atom. The minimum absolute atomic E-state index is 0.0449. The van der Waals surface area contributed by atoms with Gasteiger partial charge in [-0.05, 0) is 12.1 Å². The van der Waals surface area contributed by atoms with Crippen LogP contribution in [0.3, 0.4) is 0 Å². The van der Waals surface area contributed by atoms with Gasteiger partial charge in [0.05, 0.1) is 11.5 Å². The Hall–Kier alpha value is -0.660. The summed E-state index contributed by atoms with van der Waals surface area (Å²) in [7, 11) is -3.14. The van der Waals surface area contributed by atoms with Crippen LogP contribution in [-0.2, 0) is 9.09 Å². The van der Waals surface area contributed by atoms with Gasteiger partial charge in [0.1, 0.15) is 5.75 Å². The molecule has 0 saturated heterocycles. The van der Waals surface area contributed by atoms with E-state index in [1.165, 1.54) is 30.9 Å². The molecule has 1 atom stereocenters. The number of hydrogen-bond acceptors (Lipinski definition) is 5. The zero-order chi connectivity index (χ0) is 12.9. The standard InChI is InChI=1S/C9H11INO5P/c1-17(14,15-7-6-10)16-9-4-2-8(3-5-9)11(12)13/h2-5H,6-7H2,1H3. The maximum atomic E-state index is 11.8. The third-order valence-electron chi connectivity index (χ3n) is 1.72. The van der Waals surface area contributed by atoms with E-state index in [0.717, 1.165) is 0 Å². The van der Waals surface area contributed by atoms with Gasteiger partial charge in [-0.15, -0.1) is 0 Å². The minimum Gasteiger partial charge on any atom is -0.425 e. The van der Waals surface area contributed by atoms with Crippen LogP contribution in [-0.4, -0.2) is 22.6 Å². The van der Waals surface area contributed by atoms with Crippen molar-refractivity contribution in [3.05, 3.63) is 34.4 Å². The van der Waals surface area contributed by atoms with E-state index in [-0.39, 0.29) is 11.4 Å². The molecule has 0 fully saturated rings. The van der Waals surface area contributed by atoms with Crippen LogP contribution in [0, 0.1) is 10.1 Å². The van der Waals surface area contributed by atoms with Gasteiger partial charge in [0, 0.05) is 23.2 Å². The predicted molar refractivity (Wildman–Crippen MR) is 72.1 cm³/mol. The molecular formula is C9H11INO5P. The van der Waals surface area contributed by atoms with Crippen molar-refractivity contribution in [3.8, 4) is 5.75 Å². The number of nitro groups is 1. The molecule has 1 aromatic rings. The zero-order valence-electron chi connectivity index (χ0n) is 9.04. The molecule has 0 spiro atoms. The second-order valence-electron chi connectivity index (χ2n) is 3.14. The summed E-state index contributed by atoms with van der Waals surface area (Å²) < 4.78 is 22.7. The molecule has 0 amide bonds. The maximum Gasteiger partial charge on any atom is 0.376 e. The van der Waals surface area contributed by atoms with Crippen molar-refractivity contribution < 1.29 is 18.5 Å². The van der Waals surface area contributed by atoms with E-state index in [1.807, 2.05) is 0 Å². The highest BCUT2D eigenvalue weighted by atomic mass is 127. The van der Waals surface area contributed by atoms with E-state index in [2.05, 4.69) is 22.6 Å². The van der Waals surface area contributed by atoms with Gasteiger partial charge in [-0.1, -0.05) is 22.6 Å². The molecule has 0 radical (unpaired) electrons. The van der Waals surface area contributed by atoms with Crippen LogP contribution in [0.5, 0.6) is 5.75 Å². The molecule has 0 aliphatic rings. The maximum absolute atomic E-state index is 11.8. The second kappa shape index (κ2) is 6.32. The summed E-state index contributed by atoms with van der Waals surface area (Å²) in [6.07, 6.45) is 0. The fourth-order valence-electron chi connectivity index (χ4n) is 1.05. The van der Waals surface area contributed by atoms with Gasteiger partial charge in [-0.3, -0.25) is 14.6 Å². The Balaban J connectivity index is 2.68. The molecule has 6 nitrogen and oxygen atoms in total. The number of non-ortho nitro benzene ring substituents is 1. The lowest BCUT2D eigenvalue weighted by Gasteiger charge is -2.14. The zero-order valence-corrected chi connectivity index (χ0v) is 12.1. The number of hydrogen-bond donors (Lipinski definition) is 0. The SMILES string of the molecule is CP(=O)(OCCI)Oc1ccc([N+](=O)[O-])cc1. The van der Waals surface area contributed by atoms with Gasteiger partial charge >= 0.3 is 7.60 Å². The average molecular weight is 371 g/mol. The largest absolute Gasteiger partial charge is 0.425 e. The lowest BCUT2D eigenvalue weighted by Crippen LogP contribution is -1.99. The number of rotatable bonds is 6. The molecule has 0 aromatic heterocycles. The van der Waals surface area contributed by atoms with Crippen LogP contribution in [0.25, 0.3) is 0 Å².